The monoisotopic (exact) mass is 361 g/mol. The second-order valence-electron chi connectivity index (χ2n) is 5.80. The maximum atomic E-state index is 12.9. The summed E-state index contributed by atoms with van der Waals surface area (Å²) < 4.78 is 28.9. The Hall–Kier alpha value is -2.76. The Balaban J connectivity index is 1.75. The molecule has 2 aromatic rings. The number of carbonyl (C=O) groups excluding carboxylic acids is 1. The quantitative estimate of drug-likeness (QED) is 0.696. The Labute approximate surface area is 153 Å². The molecule has 140 valence electrons. The largest absolute Gasteiger partial charge is 0.493 e. The van der Waals surface area contributed by atoms with Crippen LogP contribution in [-0.2, 0) is 11.2 Å². The van der Waals surface area contributed by atoms with E-state index in [2.05, 4.69) is 5.32 Å². The Kier molecular flexibility index (Phi) is 7.26. The van der Waals surface area contributed by atoms with Crippen LogP contribution in [0.25, 0.3) is 0 Å². The third kappa shape index (κ3) is 5.65. The van der Waals surface area contributed by atoms with Gasteiger partial charge in [-0.3, -0.25) is 4.79 Å². The molecule has 0 saturated carbocycles. The first-order valence-corrected chi connectivity index (χ1v) is 8.44. The second-order valence-corrected chi connectivity index (χ2v) is 5.80. The van der Waals surface area contributed by atoms with E-state index in [1.807, 2.05) is 18.2 Å². The van der Waals surface area contributed by atoms with Gasteiger partial charge in [-0.1, -0.05) is 6.07 Å². The number of carbonyl (C=O) groups is 1. The van der Waals surface area contributed by atoms with Crippen molar-refractivity contribution in [3.05, 3.63) is 53.8 Å². The van der Waals surface area contributed by atoms with Gasteiger partial charge in [0.1, 0.15) is 11.6 Å². The van der Waals surface area contributed by atoms with Crippen molar-refractivity contribution in [2.24, 2.45) is 0 Å². The van der Waals surface area contributed by atoms with Gasteiger partial charge >= 0.3 is 0 Å². The van der Waals surface area contributed by atoms with Crippen molar-refractivity contribution in [1.29, 1.82) is 0 Å². The molecule has 26 heavy (non-hydrogen) atoms. The van der Waals surface area contributed by atoms with Gasteiger partial charge < -0.3 is 19.5 Å². The van der Waals surface area contributed by atoms with Crippen LogP contribution in [0.5, 0.6) is 17.2 Å². The van der Waals surface area contributed by atoms with Crippen LogP contribution in [0.15, 0.2) is 42.5 Å². The molecule has 0 radical (unpaired) electrons. The highest BCUT2D eigenvalue weighted by Crippen LogP contribution is 2.27. The summed E-state index contributed by atoms with van der Waals surface area (Å²) >= 11 is 0. The standard InChI is InChI=1S/C20H24FNO4/c1-14(26-17-9-7-16(21)8-10-17)20(23)22-12-4-5-15-6-11-18(24-2)19(13-15)25-3/h6-11,13-14H,4-5,12H2,1-3H3,(H,22,23)/t14-/m0/s1. The number of halogens is 1. The number of hydrogen-bond acceptors (Lipinski definition) is 4. The molecule has 2 rings (SSSR count). The highest BCUT2D eigenvalue weighted by Gasteiger charge is 2.14. The minimum atomic E-state index is -0.651. The molecule has 0 unspecified atom stereocenters. The Morgan fingerprint density at radius 1 is 1.08 bits per heavy atom. The lowest BCUT2D eigenvalue weighted by Gasteiger charge is -2.15. The molecule has 0 aromatic heterocycles. The number of benzene rings is 2. The summed E-state index contributed by atoms with van der Waals surface area (Å²) in [5, 5.41) is 2.84. The maximum Gasteiger partial charge on any atom is 0.260 e. The van der Waals surface area contributed by atoms with Gasteiger partial charge in [0.05, 0.1) is 14.2 Å². The van der Waals surface area contributed by atoms with E-state index in [-0.39, 0.29) is 11.7 Å². The zero-order chi connectivity index (χ0) is 18.9. The molecule has 0 bridgehead atoms. The average molecular weight is 361 g/mol. The van der Waals surface area contributed by atoms with Crippen molar-refractivity contribution >= 4 is 5.91 Å². The van der Waals surface area contributed by atoms with Gasteiger partial charge in [0.25, 0.3) is 5.91 Å². The predicted octanol–water partition coefficient (Wildman–Crippen LogP) is 3.36. The number of hydrogen-bond donors (Lipinski definition) is 1. The van der Waals surface area contributed by atoms with Crippen LogP contribution in [0.2, 0.25) is 0 Å². The molecule has 2 aromatic carbocycles. The van der Waals surface area contributed by atoms with Crippen molar-refractivity contribution in [2.75, 3.05) is 20.8 Å². The van der Waals surface area contributed by atoms with Crippen LogP contribution in [0.4, 0.5) is 4.39 Å². The molecule has 0 fully saturated rings. The summed E-state index contributed by atoms with van der Waals surface area (Å²) in [6.07, 6.45) is 0.930. The SMILES string of the molecule is COc1ccc(CCCNC(=O)[C@H](C)Oc2ccc(F)cc2)cc1OC. The molecule has 1 amide bonds. The Morgan fingerprint density at radius 3 is 2.42 bits per heavy atom. The molecule has 5 nitrogen and oxygen atoms in total. The van der Waals surface area contributed by atoms with E-state index in [9.17, 15) is 9.18 Å². The minimum Gasteiger partial charge on any atom is -0.493 e. The van der Waals surface area contributed by atoms with Gasteiger partial charge in [0.15, 0.2) is 17.6 Å². The molecule has 0 aliphatic carbocycles. The minimum absolute atomic E-state index is 0.207. The Bertz CT molecular complexity index is 718. The predicted molar refractivity (Wildman–Crippen MR) is 97.4 cm³/mol. The fraction of sp³-hybridized carbons (Fsp3) is 0.350. The average Bonchev–Trinajstić information content (AvgIpc) is 2.66. The van der Waals surface area contributed by atoms with E-state index >= 15 is 0 Å². The summed E-state index contributed by atoms with van der Waals surface area (Å²) in [6.45, 7) is 2.19. The second kappa shape index (κ2) is 9.65. The Morgan fingerprint density at radius 2 is 1.77 bits per heavy atom. The highest BCUT2D eigenvalue weighted by molar-refractivity contribution is 5.80. The van der Waals surface area contributed by atoms with Crippen molar-refractivity contribution in [3.63, 3.8) is 0 Å². The van der Waals surface area contributed by atoms with Gasteiger partial charge in [-0.15, -0.1) is 0 Å². The molecular weight excluding hydrogens is 337 g/mol. The molecule has 0 aliphatic rings. The summed E-state index contributed by atoms with van der Waals surface area (Å²) in [4.78, 5) is 12.1. The summed E-state index contributed by atoms with van der Waals surface area (Å²) in [5.74, 6) is 1.29. The molecule has 0 saturated heterocycles. The van der Waals surface area contributed by atoms with Crippen LogP contribution in [0.1, 0.15) is 18.9 Å². The van der Waals surface area contributed by atoms with Crippen LogP contribution >= 0.6 is 0 Å². The van der Waals surface area contributed by atoms with Crippen LogP contribution in [-0.4, -0.2) is 32.8 Å². The first-order valence-electron chi connectivity index (χ1n) is 8.44. The smallest absolute Gasteiger partial charge is 0.260 e. The summed E-state index contributed by atoms with van der Waals surface area (Å²) in [6, 6.07) is 11.4. The molecule has 1 atom stereocenters. The van der Waals surface area contributed by atoms with E-state index in [0.717, 1.165) is 18.4 Å². The first kappa shape index (κ1) is 19.6. The normalized spacial score (nSPS) is 11.5. The molecule has 0 spiro atoms. The topological polar surface area (TPSA) is 56.8 Å². The summed E-state index contributed by atoms with van der Waals surface area (Å²) in [7, 11) is 3.20. The lowest BCUT2D eigenvalue weighted by Crippen LogP contribution is -2.36. The van der Waals surface area contributed by atoms with Crippen LogP contribution < -0.4 is 19.5 Å². The number of aryl methyl sites for hydroxylation is 1. The molecule has 0 aliphatic heterocycles. The van der Waals surface area contributed by atoms with Gasteiger partial charge in [0, 0.05) is 6.54 Å². The number of nitrogens with one attached hydrogen (secondary N) is 1. The molecular formula is C20H24FNO4. The van der Waals surface area contributed by atoms with E-state index in [1.165, 1.54) is 24.3 Å². The number of methoxy groups -OCH3 is 2. The lowest BCUT2D eigenvalue weighted by atomic mass is 10.1. The van der Waals surface area contributed by atoms with Crippen molar-refractivity contribution in [3.8, 4) is 17.2 Å². The van der Waals surface area contributed by atoms with Gasteiger partial charge in [0.2, 0.25) is 0 Å². The van der Waals surface area contributed by atoms with E-state index in [4.69, 9.17) is 14.2 Å². The van der Waals surface area contributed by atoms with E-state index < -0.39 is 6.10 Å². The molecule has 6 heteroatoms. The fourth-order valence-corrected chi connectivity index (χ4v) is 2.45. The lowest BCUT2D eigenvalue weighted by molar-refractivity contribution is -0.127. The zero-order valence-corrected chi connectivity index (χ0v) is 15.3. The molecule has 0 heterocycles. The number of ether oxygens (including phenoxy) is 3. The van der Waals surface area contributed by atoms with Gasteiger partial charge in [-0.2, -0.15) is 0 Å². The molecule has 1 N–H and O–H groups in total. The first-order chi connectivity index (χ1) is 12.5. The zero-order valence-electron chi connectivity index (χ0n) is 15.3. The third-order valence-corrected chi connectivity index (χ3v) is 3.89. The van der Waals surface area contributed by atoms with Gasteiger partial charge in [-0.25, -0.2) is 4.39 Å². The number of amides is 1. The van der Waals surface area contributed by atoms with Crippen molar-refractivity contribution in [2.45, 2.75) is 25.9 Å². The van der Waals surface area contributed by atoms with Crippen LogP contribution in [0.3, 0.4) is 0 Å². The van der Waals surface area contributed by atoms with E-state index in [1.54, 1.807) is 21.1 Å². The van der Waals surface area contributed by atoms with Crippen molar-refractivity contribution in [1.82, 2.24) is 5.32 Å². The maximum absolute atomic E-state index is 12.9. The van der Waals surface area contributed by atoms with Crippen LogP contribution in [0, 0.1) is 5.82 Å². The van der Waals surface area contributed by atoms with E-state index in [0.29, 0.717) is 23.8 Å². The van der Waals surface area contributed by atoms with Gasteiger partial charge in [-0.05, 0) is 61.7 Å². The fourth-order valence-electron chi connectivity index (χ4n) is 2.45. The summed E-state index contributed by atoms with van der Waals surface area (Å²) in [5.41, 5.74) is 1.10. The highest BCUT2D eigenvalue weighted by atomic mass is 19.1. The number of rotatable bonds is 9. The third-order valence-electron chi connectivity index (χ3n) is 3.89. The van der Waals surface area contributed by atoms with Crippen molar-refractivity contribution < 1.29 is 23.4 Å².